The minimum Gasteiger partial charge on any atom is -0.322 e. The molecule has 0 saturated carbocycles. The lowest BCUT2D eigenvalue weighted by Crippen LogP contribution is -2.13. The Balaban J connectivity index is 1.77. The number of nitrogens with one attached hydrogen (secondary N) is 2. The van der Waals surface area contributed by atoms with E-state index in [1.807, 2.05) is 37.3 Å². The molecule has 104 valence electrons. The van der Waals surface area contributed by atoms with Crippen molar-refractivity contribution in [2.45, 2.75) is 6.92 Å². The van der Waals surface area contributed by atoms with Crippen molar-refractivity contribution in [3.63, 3.8) is 0 Å². The van der Waals surface area contributed by atoms with Crippen molar-refractivity contribution in [1.82, 2.24) is 15.2 Å². The number of carbonyl (C=O) groups excluding carboxylic acids is 1. The van der Waals surface area contributed by atoms with Gasteiger partial charge in [-0.3, -0.25) is 14.9 Å². The number of nitrogens with zero attached hydrogens (tertiary/aromatic N) is 2. The van der Waals surface area contributed by atoms with E-state index in [9.17, 15) is 4.79 Å². The van der Waals surface area contributed by atoms with E-state index in [1.165, 1.54) is 0 Å². The lowest BCUT2D eigenvalue weighted by atomic mass is 10.1. The molecule has 0 saturated heterocycles. The largest absolute Gasteiger partial charge is 0.322 e. The summed E-state index contributed by atoms with van der Waals surface area (Å²) in [7, 11) is 0. The van der Waals surface area contributed by atoms with Gasteiger partial charge in [0.25, 0.3) is 5.91 Å². The van der Waals surface area contributed by atoms with Crippen LogP contribution in [-0.2, 0) is 0 Å². The molecule has 5 nitrogen and oxygen atoms in total. The SMILES string of the molecule is Cc1ncccc1C(=O)Nc1ccc(-c2ccn[nH]2)cc1. The molecule has 0 unspecified atom stereocenters. The second-order valence-electron chi connectivity index (χ2n) is 4.64. The fraction of sp³-hybridized carbons (Fsp3) is 0.0625. The van der Waals surface area contributed by atoms with E-state index in [4.69, 9.17) is 0 Å². The van der Waals surface area contributed by atoms with Crippen LogP contribution in [-0.4, -0.2) is 21.1 Å². The van der Waals surface area contributed by atoms with Gasteiger partial charge in [-0.25, -0.2) is 0 Å². The van der Waals surface area contributed by atoms with Crippen LogP contribution in [0.5, 0.6) is 0 Å². The summed E-state index contributed by atoms with van der Waals surface area (Å²) in [6, 6.07) is 13.0. The molecule has 0 spiro atoms. The van der Waals surface area contributed by atoms with Gasteiger partial charge in [0.2, 0.25) is 0 Å². The molecule has 0 aliphatic heterocycles. The third-order valence-electron chi connectivity index (χ3n) is 3.21. The van der Waals surface area contributed by atoms with E-state index in [0.717, 1.165) is 16.9 Å². The molecule has 2 heterocycles. The van der Waals surface area contributed by atoms with Crippen LogP contribution in [0, 0.1) is 6.92 Å². The molecule has 0 atom stereocenters. The van der Waals surface area contributed by atoms with Crippen molar-refractivity contribution in [3.05, 3.63) is 66.1 Å². The van der Waals surface area contributed by atoms with Crippen LogP contribution in [0.15, 0.2) is 54.9 Å². The number of aryl methyl sites for hydroxylation is 1. The highest BCUT2D eigenvalue weighted by Crippen LogP contribution is 2.19. The summed E-state index contributed by atoms with van der Waals surface area (Å²) in [5.41, 5.74) is 3.99. The van der Waals surface area contributed by atoms with Crippen molar-refractivity contribution >= 4 is 11.6 Å². The van der Waals surface area contributed by atoms with Crippen molar-refractivity contribution in [2.24, 2.45) is 0 Å². The minimum atomic E-state index is -0.158. The first-order chi connectivity index (χ1) is 10.2. The number of aromatic nitrogens is 3. The zero-order valence-corrected chi connectivity index (χ0v) is 11.5. The van der Waals surface area contributed by atoms with E-state index in [-0.39, 0.29) is 5.91 Å². The standard InChI is InChI=1S/C16H14N4O/c1-11-14(3-2-9-17-11)16(21)19-13-6-4-12(5-7-13)15-8-10-18-20-15/h2-10H,1H3,(H,18,20)(H,19,21). The average molecular weight is 278 g/mol. The molecule has 5 heteroatoms. The summed E-state index contributed by atoms with van der Waals surface area (Å²) >= 11 is 0. The lowest BCUT2D eigenvalue weighted by Gasteiger charge is -2.07. The normalized spacial score (nSPS) is 10.3. The maximum absolute atomic E-state index is 12.2. The molecule has 3 rings (SSSR count). The maximum Gasteiger partial charge on any atom is 0.257 e. The number of H-pyrrole nitrogens is 1. The van der Waals surface area contributed by atoms with Crippen LogP contribution in [0.4, 0.5) is 5.69 Å². The van der Waals surface area contributed by atoms with E-state index < -0.39 is 0 Å². The molecule has 0 aliphatic rings. The smallest absolute Gasteiger partial charge is 0.257 e. The first-order valence-corrected chi connectivity index (χ1v) is 6.57. The molecule has 2 N–H and O–H groups in total. The molecule has 0 bridgehead atoms. The molecule has 1 aromatic carbocycles. The van der Waals surface area contributed by atoms with Crippen molar-refractivity contribution in [2.75, 3.05) is 5.32 Å². The van der Waals surface area contributed by atoms with Gasteiger partial charge >= 0.3 is 0 Å². The predicted octanol–water partition coefficient (Wildman–Crippen LogP) is 3.03. The number of anilines is 1. The topological polar surface area (TPSA) is 70.7 Å². The Hall–Kier alpha value is -2.95. The van der Waals surface area contributed by atoms with Gasteiger partial charge in [0.1, 0.15) is 0 Å². The first kappa shape index (κ1) is 13.1. The Bertz CT molecular complexity index is 748. The number of hydrogen-bond donors (Lipinski definition) is 2. The van der Waals surface area contributed by atoms with Crippen LogP contribution in [0.2, 0.25) is 0 Å². The molecule has 0 aliphatic carbocycles. The number of benzene rings is 1. The summed E-state index contributed by atoms with van der Waals surface area (Å²) in [6.45, 7) is 1.82. The lowest BCUT2D eigenvalue weighted by molar-refractivity contribution is 0.102. The first-order valence-electron chi connectivity index (χ1n) is 6.57. The van der Waals surface area contributed by atoms with Crippen molar-refractivity contribution < 1.29 is 4.79 Å². The van der Waals surface area contributed by atoms with Crippen LogP contribution in [0.1, 0.15) is 16.1 Å². The van der Waals surface area contributed by atoms with Gasteiger partial charge in [-0.1, -0.05) is 12.1 Å². The van der Waals surface area contributed by atoms with Gasteiger partial charge in [-0.05, 0) is 42.8 Å². The highest BCUT2D eigenvalue weighted by atomic mass is 16.1. The third kappa shape index (κ3) is 2.81. The Labute approximate surface area is 122 Å². The number of pyridine rings is 1. The van der Waals surface area contributed by atoms with E-state index in [2.05, 4.69) is 20.5 Å². The predicted molar refractivity (Wildman–Crippen MR) is 81.0 cm³/mol. The maximum atomic E-state index is 12.2. The summed E-state index contributed by atoms with van der Waals surface area (Å²) in [5, 5.41) is 9.69. The molecule has 2 aromatic heterocycles. The highest BCUT2D eigenvalue weighted by molar-refractivity contribution is 6.05. The Kier molecular flexibility index (Phi) is 3.47. The van der Waals surface area contributed by atoms with E-state index in [1.54, 1.807) is 24.5 Å². The quantitative estimate of drug-likeness (QED) is 0.773. The highest BCUT2D eigenvalue weighted by Gasteiger charge is 2.09. The molecular formula is C16H14N4O. The number of hydrogen-bond acceptors (Lipinski definition) is 3. The van der Waals surface area contributed by atoms with Crippen molar-refractivity contribution in [1.29, 1.82) is 0 Å². The average Bonchev–Trinajstić information content (AvgIpc) is 3.02. The van der Waals surface area contributed by atoms with Gasteiger partial charge in [-0.2, -0.15) is 5.10 Å². The van der Waals surface area contributed by atoms with Crippen LogP contribution >= 0.6 is 0 Å². The minimum absolute atomic E-state index is 0.158. The molecule has 0 radical (unpaired) electrons. The fourth-order valence-electron chi connectivity index (χ4n) is 2.07. The van der Waals surface area contributed by atoms with Gasteiger partial charge in [0, 0.05) is 23.8 Å². The summed E-state index contributed by atoms with van der Waals surface area (Å²) in [5.74, 6) is -0.158. The van der Waals surface area contributed by atoms with E-state index in [0.29, 0.717) is 11.3 Å². The van der Waals surface area contributed by atoms with Gasteiger partial charge in [0.15, 0.2) is 0 Å². The number of carbonyl (C=O) groups is 1. The Morgan fingerprint density at radius 1 is 1.10 bits per heavy atom. The van der Waals surface area contributed by atoms with Crippen LogP contribution < -0.4 is 5.32 Å². The van der Waals surface area contributed by atoms with Crippen LogP contribution in [0.3, 0.4) is 0 Å². The number of rotatable bonds is 3. The fourth-order valence-corrected chi connectivity index (χ4v) is 2.07. The summed E-state index contributed by atoms with van der Waals surface area (Å²) in [6.07, 6.45) is 3.38. The van der Waals surface area contributed by atoms with Crippen molar-refractivity contribution in [3.8, 4) is 11.3 Å². The molecule has 21 heavy (non-hydrogen) atoms. The molecular weight excluding hydrogens is 264 g/mol. The molecule has 0 fully saturated rings. The Morgan fingerprint density at radius 3 is 2.57 bits per heavy atom. The van der Waals surface area contributed by atoms with Crippen LogP contribution in [0.25, 0.3) is 11.3 Å². The van der Waals surface area contributed by atoms with Gasteiger partial charge in [-0.15, -0.1) is 0 Å². The summed E-state index contributed by atoms with van der Waals surface area (Å²) < 4.78 is 0. The zero-order chi connectivity index (χ0) is 14.7. The second-order valence-corrected chi connectivity index (χ2v) is 4.64. The van der Waals surface area contributed by atoms with E-state index >= 15 is 0 Å². The number of amides is 1. The monoisotopic (exact) mass is 278 g/mol. The second kappa shape index (κ2) is 5.58. The van der Waals surface area contributed by atoms with Gasteiger partial charge < -0.3 is 5.32 Å². The molecule has 1 amide bonds. The summed E-state index contributed by atoms with van der Waals surface area (Å²) in [4.78, 5) is 16.3. The van der Waals surface area contributed by atoms with Gasteiger partial charge in [0.05, 0.1) is 11.3 Å². The Morgan fingerprint density at radius 2 is 1.90 bits per heavy atom. The zero-order valence-electron chi connectivity index (χ0n) is 11.5. The number of aromatic amines is 1. The third-order valence-corrected chi connectivity index (χ3v) is 3.21. The molecule has 3 aromatic rings.